The van der Waals surface area contributed by atoms with Crippen LogP contribution >= 0.6 is 15.9 Å². The van der Waals surface area contributed by atoms with E-state index in [4.69, 9.17) is 4.98 Å². The van der Waals surface area contributed by atoms with Crippen molar-refractivity contribution < 1.29 is 20.1 Å². The first-order chi connectivity index (χ1) is 12.7. The first kappa shape index (κ1) is 18.0. The zero-order valence-corrected chi connectivity index (χ0v) is 19.0. The second-order valence-electron chi connectivity index (χ2n) is 8.59. The summed E-state index contributed by atoms with van der Waals surface area (Å²) in [4.78, 5) is 4.75. The molecule has 0 amide bonds. The van der Waals surface area contributed by atoms with Crippen LogP contribution in [0.15, 0.2) is 47.1 Å². The van der Waals surface area contributed by atoms with Gasteiger partial charge in [0.15, 0.2) is 0 Å². The van der Waals surface area contributed by atoms with Gasteiger partial charge in [0.2, 0.25) is 0 Å². The molecule has 1 heterocycles. The van der Waals surface area contributed by atoms with Crippen molar-refractivity contribution in [2.24, 2.45) is 11.8 Å². The zero-order valence-electron chi connectivity index (χ0n) is 15.0. The average Bonchev–Trinajstić information content (AvgIpc) is 2.81. The molecule has 2 atom stereocenters. The molecule has 4 aliphatic rings. The minimum atomic E-state index is 0. The summed E-state index contributed by atoms with van der Waals surface area (Å²) in [5.74, 6) is 3.48. The van der Waals surface area contributed by atoms with Gasteiger partial charge in [-0.2, -0.15) is 0 Å². The quantitative estimate of drug-likeness (QED) is 0.281. The summed E-state index contributed by atoms with van der Waals surface area (Å²) in [6.45, 7) is 0. The van der Waals surface area contributed by atoms with Crippen LogP contribution in [0.1, 0.15) is 55.1 Å². The summed E-state index contributed by atoms with van der Waals surface area (Å²) in [5, 5.41) is 2.63. The molecule has 1 aromatic heterocycles. The Morgan fingerprint density at radius 3 is 2.30 bits per heavy atom. The summed E-state index contributed by atoms with van der Waals surface area (Å²) < 4.78 is 1.08. The first-order valence-electron chi connectivity index (χ1n) is 9.85. The first-order valence-corrected chi connectivity index (χ1v) is 10.6. The van der Waals surface area contributed by atoms with Gasteiger partial charge in [-0.1, -0.05) is 32.5 Å². The van der Waals surface area contributed by atoms with Crippen LogP contribution < -0.4 is 0 Å². The van der Waals surface area contributed by atoms with Crippen molar-refractivity contribution in [2.45, 2.75) is 43.9 Å². The summed E-state index contributed by atoms with van der Waals surface area (Å²) in [6.07, 6.45) is 9.10. The van der Waals surface area contributed by atoms with Gasteiger partial charge in [-0.15, -0.1) is 29.8 Å². The topological polar surface area (TPSA) is 12.9 Å². The van der Waals surface area contributed by atoms with E-state index in [0.29, 0.717) is 0 Å². The molecular formula is C24H21BrIrN-. The van der Waals surface area contributed by atoms with Gasteiger partial charge in [0, 0.05) is 26.3 Å². The van der Waals surface area contributed by atoms with Gasteiger partial charge in [-0.3, -0.25) is 0 Å². The fourth-order valence-corrected chi connectivity index (χ4v) is 6.47. The summed E-state index contributed by atoms with van der Waals surface area (Å²) in [5.41, 5.74) is 5.43. The molecule has 1 radical (unpaired) electrons. The van der Waals surface area contributed by atoms with Crippen molar-refractivity contribution in [1.29, 1.82) is 0 Å². The van der Waals surface area contributed by atoms with Gasteiger partial charge < -0.3 is 4.98 Å². The van der Waals surface area contributed by atoms with Crippen LogP contribution in [0.2, 0.25) is 0 Å². The molecule has 27 heavy (non-hydrogen) atoms. The third-order valence-electron chi connectivity index (χ3n) is 7.00. The molecule has 2 aromatic carbocycles. The molecule has 3 aromatic rings. The Bertz CT molecular complexity index is 1020. The molecule has 1 nitrogen and oxygen atoms in total. The number of benzene rings is 2. The molecule has 0 aliphatic heterocycles. The van der Waals surface area contributed by atoms with E-state index >= 15 is 0 Å². The fraction of sp³-hybridized carbons (Fsp3) is 0.375. The fourth-order valence-electron chi connectivity index (χ4n) is 6.11. The predicted molar refractivity (Wildman–Crippen MR) is 109 cm³/mol. The monoisotopic (exact) mass is 595 g/mol. The summed E-state index contributed by atoms with van der Waals surface area (Å²) >= 11 is 3.59. The maximum absolute atomic E-state index is 4.75. The van der Waals surface area contributed by atoms with E-state index in [1.807, 2.05) is 18.3 Å². The van der Waals surface area contributed by atoms with Crippen molar-refractivity contribution in [3.63, 3.8) is 0 Å². The van der Waals surface area contributed by atoms with Crippen molar-refractivity contribution in [3.05, 3.63) is 64.3 Å². The SMILES string of the molecule is Brc1cc[c-]c(-c2nccc3cc4c(cc23)C2CC3CC(CC4C3)C2)c1.[Ir]. The molecule has 2 fully saturated rings. The summed E-state index contributed by atoms with van der Waals surface area (Å²) in [7, 11) is 0. The van der Waals surface area contributed by atoms with Crippen molar-refractivity contribution >= 4 is 26.7 Å². The van der Waals surface area contributed by atoms with Crippen molar-refractivity contribution in [1.82, 2.24) is 4.98 Å². The third-order valence-corrected chi connectivity index (χ3v) is 7.50. The number of rotatable bonds is 1. The normalized spacial score (nSPS) is 27.9. The molecule has 7 rings (SSSR count). The van der Waals surface area contributed by atoms with E-state index in [0.717, 1.165) is 39.4 Å². The van der Waals surface area contributed by atoms with Gasteiger partial charge in [0.1, 0.15) is 0 Å². The van der Waals surface area contributed by atoms with Gasteiger partial charge in [-0.25, -0.2) is 0 Å². The number of hydrogen-bond donors (Lipinski definition) is 0. The Balaban J connectivity index is 0.00000160. The van der Waals surface area contributed by atoms with Crippen LogP contribution in [0.4, 0.5) is 0 Å². The van der Waals surface area contributed by atoms with E-state index in [2.05, 4.69) is 46.3 Å². The Morgan fingerprint density at radius 1 is 0.889 bits per heavy atom. The number of aromatic nitrogens is 1. The van der Waals surface area contributed by atoms with Gasteiger partial charge in [-0.05, 0) is 89.4 Å². The second-order valence-corrected chi connectivity index (χ2v) is 9.50. The van der Waals surface area contributed by atoms with Gasteiger partial charge in [0.05, 0.1) is 0 Å². The van der Waals surface area contributed by atoms with Crippen LogP contribution in [0.3, 0.4) is 0 Å². The maximum atomic E-state index is 4.75. The van der Waals surface area contributed by atoms with E-state index in [1.165, 1.54) is 42.9 Å². The largest absolute Gasteiger partial charge is 0.304 e. The second kappa shape index (κ2) is 6.79. The number of fused-ring (bicyclic) bond motifs is 1. The molecule has 2 saturated carbocycles. The third kappa shape index (κ3) is 2.94. The molecule has 4 bridgehead atoms. The standard InChI is InChI=1S/C24H21BrN.Ir/c25-20-3-1-2-17(11-20)24-23-13-22-19-9-14-6-15(10-19)8-18(7-14)21(22)12-16(23)4-5-26-24;/h1,3-5,11-15,18-19H,6-10H2;/q-1;. The molecule has 139 valence electrons. The molecule has 2 unspecified atom stereocenters. The minimum absolute atomic E-state index is 0. The van der Waals surface area contributed by atoms with Crippen LogP contribution in [0.5, 0.6) is 0 Å². The number of nitrogens with zero attached hydrogens (tertiary/aromatic N) is 1. The van der Waals surface area contributed by atoms with Crippen LogP contribution in [0, 0.1) is 17.9 Å². The zero-order chi connectivity index (χ0) is 17.3. The summed E-state index contributed by atoms with van der Waals surface area (Å²) in [6, 6.07) is 16.7. The Labute approximate surface area is 182 Å². The van der Waals surface area contributed by atoms with E-state index in [-0.39, 0.29) is 20.1 Å². The Kier molecular flexibility index (Phi) is 4.54. The van der Waals surface area contributed by atoms with Gasteiger partial charge >= 0.3 is 0 Å². The van der Waals surface area contributed by atoms with Crippen LogP contribution in [0.25, 0.3) is 22.0 Å². The maximum Gasteiger partial charge on any atom is 0.0167 e. The van der Waals surface area contributed by atoms with Crippen LogP contribution in [-0.4, -0.2) is 4.98 Å². The Morgan fingerprint density at radius 2 is 1.59 bits per heavy atom. The van der Waals surface area contributed by atoms with Crippen LogP contribution in [-0.2, 0) is 20.1 Å². The Hall–Kier alpha value is -1.02. The van der Waals surface area contributed by atoms with E-state index in [1.54, 1.807) is 11.1 Å². The molecule has 0 spiro atoms. The number of halogens is 1. The predicted octanol–water partition coefficient (Wildman–Crippen LogP) is 6.85. The van der Waals surface area contributed by atoms with Crippen molar-refractivity contribution in [3.8, 4) is 11.3 Å². The number of pyridine rings is 1. The smallest absolute Gasteiger partial charge is 0.0167 e. The molecule has 0 saturated heterocycles. The number of hydrogen-bond acceptors (Lipinski definition) is 1. The van der Waals surface area contributed by atoms with E-state index < -0.39 is 0 Å². The minimum Gasteiger partial charge on any atom is -0.304 e. The molecular weight excluding hydrogens is 574 g/mol. The molecule has 4 aliphatic carbocycles. The van der Waals surface area contributed by atoms with Gasteiger partial charge in [0.25, 0.3) is 0 Å². The van der Waals surface area contributed by atoms with E-state index in [9.17, 15) is 0 Å². The van der Waals surface area contributed by atoms with Crippen molar-refractivity contribution in [2.75, 3.05) is 0 Å². The average molecular weight is 596 g/mol. The molecule has 0 N–H and O–H groups in total. The molecule has 3 heteroatoms.